The highest BCUT2D eigenvalue weighted by Gasteiger charge is 2.23. The molecule has 0 saturated heterocycles. The average Bonchev–Trinajstić information content (AvgIpc) is 2.31. The van der Waals surface area contributed by atoms with Crippen molar-refractivity contribution in [1.82, 2.24) is 0 Å². The first kappa shape index (κ1) is 14.4. The van der Waals surface area contributed by atoms with Crippen molar-refractivity contribution < 1.29 is 9.50 Å². The third-order valence-corrected chi connectivity index (χ3v) is 3.42. The lowest BCUT2D eigenvalue weighted by atomic mass is 9.96. The number of halogens is 2. The molecule has 0 saturated carbocycles. The van der Waals surface area contributed by atoms with Crippen molar-refractivity contribution in [2.24, 2.45) is 5.73 Å². The summed E-state index contributed by atoms with van der Waals surface area (Å²) in [5, 5.41) is 10.2. The second-order valence-electron chi connectivity index (χ2n) is 4.33. The Morgan fingerprint density at radius 1 is 1.47 bits per heavy atom. The van der Waals surface area contributed by atoms with Gasteiger partial charge in [0.1, 0.15) is 5.82 Å². The van der Waals surface area contributed by atoms with Gasteiger partial charge in [0.2, 0.25) is 0 Å². The topological polar surface area (TPSA) is 46.2 Å². The largest absolute Gasteiger partial charge is 0.391 e. The minimum Gasteiger partial charge on any atom is -0.391 e. The van der Waals surface area contributed by atoms with Crippen LogP contribution in [0.3, 0.4) is 0 Å². The van der Waals surface area contributed by atoms with E-state index in [4.69, 9.17) is 17.3 Å². The Labute approximate surface area is 107 Å². The number of aliphatic hydroxyl groups excluding tert-OH is 1. The van der Waals surface area contributed by atoms with Gasteiger partial charge in [-0.2, -0.15) is 0 Å². The molecule has 4 heteroatoms. The van der Waals surface area contributed by atoms with E-state index in [1.54, 1.807) is 13.0 Å². The lowest BCUT2D eigenvalue weighted by Crippen LogP contribution is -2.27. The minimum absolute atomic E-state index is 0.218. The summed E-state index contributed by atoms with van der Waals surface area (Å²) in [7, 11) is 0. The summed E-state index contributed by atoms with van der Waals surface area (Å²) in [5.74, 6) is -0.455. The lowest BCUT2D eigenvalue weighted by molar-refractivity contribution is 0.131. The second kappa shape index (κ2) is 6.34. The molecule has 0 aromatic heterocycles. The molecule has 1 rings (SSSR count). The van der Waals surface area contributed by atoms with Gasteiger partial charge in [0.05, 0.1) is 17.2 Å². The maximum absolute atomic E-state index is 13.7. The van der Waals surface area contributed by atoms with Crippen molar-refractivity contribution in [3.05, 3.63) is 34.1 Å². The fourth-order valence-corrected chi connectivity index (χ4v) is 2.05. The Bertz CT molecular complexity index is 384. The normalized spacial score (nSPS) is 14.7. The Balaban J connectivity index is 2.95. The fraction of sp³-hybridized carbons (Fsp3) is 0.538. The van der Waals surface area contributed by atoms with Crippen LogP contribution in [-0.2, 0) is 0 Å². The van der Waals surface area contributed by atoms with E-state index in [2.05, 4.69) is 0 Å². The molecule has 2 atom stereocenters. The minimum atomic E-state index is -0.769. The van der Waals surface area contributed by atoms with Gasteiger partial charge in [0.25, 0.3) is 0 Å². The number of nitrogens with two attached hydrogens (primary N) is 1. The third-order valence-electron chi connectivity index (χ3n) is 2.92. The van der Waals surface area contributed by atoms with Crippen LogP contribution >= 0.6 is 11.6 Å². The molecular formula is C13H19ClFNO. The zero-order valence-electron chi connectivity index (χ0n) is 10.2. The maximum Gasteiger partial charge on any atom is 0.129 e. The zero-order chi connectivity index (χ0) is 13.0. The summed E-state index contributed by atoms with van der Waals surface area (Å²) in [5.41, 5.74) is 6.86. The van der Waals surface area contributed by atoms with Gasteiger partial charge in [-0.15, -0.1) is 0 Å². The van der Waals surface area contributed by atoms with E-state index in [-0.39, 0.29) is 5.56 Å². The molecule has 1 aromatic carbocycles. The van der Waals surface area contributed by atoms with E-state index in [0.717, 1.165) is 18.4 Å². The van der Waals surface area contributed by atoms with Crippen LogP contribution in [0.5, 0.6) is 0 Å². The molecule has 1 aromatic rings. The standard InChI is InChI=1S/C13H19ClFNO/c1-3-4-5-10(17)13(16)11-9(15)7-6-8(2)12(11)14/h6-7,10,13,17H,3-5,16H2,1-2H3/t10-,13-/m1/s1. The van der Waals surface area contributed by atoms with Crippen LogP contribution in [0.2, 0.25) is 5.02 Å². The molecule has 0 fully saturated rings. The molecule has 0 amide bonds. The van der Waals surface area contributed by atoms with Gasteiger partial charge in [-0.3, -0.25) is 0 Å². The van der Waals surface area contributed by atoms with Crippen molar-refractivity contribution in [2.45, 2.75) is 45.3 Å². The molecule has 3 N–H and O–H groups in total. The highest BCUT2D eigenvalue weighted by Crippen LogP contribution is 2.30. The van der Waals surface area contributed by atoms with E-state index in [1.807, 2.05) is 6.92 Å². The van der Waals surface area contributed by atoms with E-state index >= 15 is 0 Å². The van der Waals surface area contributed by atoms with E-state index < -0.39 is 18.0 Å². The summed E-state index contributed by atoms with van der Waals surface area (Å²) in [6, 6.07) is 2.17. The van der Waals surface area contributed by atoms with Crippen molar-refractivity contribution in [1.29, 1.82) is 0 Å². The number of benzene rings is 1. The van der Waals surface area contributed by atoms with Crippen molar-refractivity contribution in [2.75, 3.05) is 0 Å². The fourth-order valence-electron chi connectivity index (χ4n) is 1.77. The first-order chi connectivity index (χ1) is 7.99. The van der Waals surface area contributed by atoms with Gasteiger partial charge in [0.15, 0.2) is 0 Å². The maximum atomic E-state index is 13.7. The van der Waals surface area contributed by atoms with Crippen molar-refractivity contribution >= 4 is 11.6 Å². The molecule has 0 aliphatic heterocycles. The van der Waals surface area contributed by atoms with E-state index in [9.17, 15) is 9.50 Å². The van der Waals surface area contributed by atoms with Crippen molar-refractivity contribution in [3.8, 4) is 0 Å². The molecule has 0 bridgehead atoms. The summed E-state index contributed by atoms with van der Waals surface area (Å²) in [6.45, 7) is 3.81. The second-order valence-corrected chi connectivity index (χ2v) is 4.71. The molecule has 0 heterocycles. The van der Waals surface area contributed by atoms with Gasteiger partial charge < -0.3 is 10.8 Å². The zero-order valence-corrected chi connectivity index (χ0v) is 11.0. The Hall–Kier alpha value is -0.640. The van der Waals surface area contributed by atoms with E-state index in [0.29, 0.717) is 11.4 Å². The molecule has 2 nitrogen and oxygen atoms in total. The number of aliphatic hydroxyl groups is 1. The third kappa shape index (κ3) is 3.41. The molecule has 0 spiro atoms. The summed E-state index contributed by atoms with van der Waals surface area (Å²) in [6.07, 6.45) is 1.62. The molecule has 96 valence electrons. The number of hydrogen-bond donors (Lipinski definition) is 2. The SMILES string of the molecule is CCCC[C@@H](O)[C@@H](N)c1c(F)ccc(C)c1Cl. The van der Waals surface area contributed by atoms with Crippen LogP contribution in [0.15, 0.2) is 12.1 Å². The monoisotopic (exact) mass is 259 g/mol. The summed E-state index contributed by atoms with van der Waals surface area (Å²) < 4.78 is 13.7. The summed E-state index contributed by atoms with van der Waals surface area (Å²) >= 11 is 6.04. The highest BCUT2D eigenvalue weighted by molar-refractivity contribution is 6.32. The molecule has 0 radical (unpaired) electrons. The quantitative estimate of drug-likeness (QED) is 0.852. The highest BCUT2D eigenvalue weighted by atomic mass is 35.5. The van der Waals surface area contributed by atoms with Gasteiger partial charge >= 0.3 is 0 Å². The van der Waals surface area contributed by atoms with Gasteiger partial charge in [-0.25, -0.2) is 4.39 Å². The van der Waals surface area contributed by atoms with Crippen LogP contribution in [0.4, 0.5) is 4.39 Å². The van der Waals surface area contributed by atoms with Crippen LogP contribution in [0.1, 0.15) is 43.4 Å². The van der Waals surface area contributed by atoms with Crippen LogP contribution in [-0.4, -0.2) is 11.2 Å². The lowest BCUT2D eigenvalue weighted by Gasteiger charge is -2.21. The van der Waals surface area contributed by atoms with Crippen LogP contribution in [0.25, 0.3) is 0 Å². The van der Waals surface area contributed by atoms with Crippen LogP contribution in [0, 0.1) is 12.7 Å². The molecule has 17 heavy (non-hydrogen) atoms. The molecule has 0 aliphatic carbocycles. The van der Waals surface area contributed by atoms with E-state index in [1.165, 1.54) is 6.07 Å². The van der Waals surface area contributed by atoms with Gasteiger partial charge in [-0.1, -0.05) is 37.4 Å². The van der Waals surface area contributed by atoms with Crippen molar-refractivity contribution in [3.63, 3.8) is 0 Å². The summed E-state index contributed by atoms with van der Waals surface area (Å²) in [4.78, 5) is 0. The van der Waals surface area contributed by atoms with Gasteiger partial charge in [-0.05, 0) is 25.0 Å². The first-order valence-electron chi connectivity index (χ1n) is 5.87. The first-order valence-corrected chi connectivity index (χ1v) is 6.25. The number of hydrogen-bond acceptors (Lipinski definition) is 2. The predicted octanol–water partition coefficient (Wildman–Crippen LogP) is 3.34. The predicted molar refractivity (Wildman–Crippen MR) is 68.6 cm³/mol. The Morgan fingerprint density at radius 3 is 2.71 bits per heavy atom. The molecule has 0 aliphatic rings. The Morgan fingerprint density at radius 2 is 2.12 bits per heavy atom. The molecular weight excluding hydrogens is 241 g/mol. The smallest absolute Gasteiger partial charge is 0.129 e. The number of rotatable bonds is 5. The van der Waals surface area contributed by atoms with Gasteiger partial charge in [0, 0.05) is 5.56 Å². The average molecular weight is 260 g/mol. The number of aryl methyl sites for hydroxylation is 1. The van der Waals surface area contributed by atoms with Crippen LogP contribution < -0.4 is 5.73 Å². The number of unbranched alkanes of at least 4 members (excludes halogenated alkanes) is 1. The Kier molecular flexibility index (Phi) is 5.37. The molecule has 0 unspecified atom stereocenters.